The van der Waals surface area contributed by atoms with Crippen molar-refractivity contribution in [3.63, 3.8) is 0 Å². The third kappa shape index (κ3) is 3.68. The van der Waals surface area contributed by atoms with E-state index in [-0.39, 0.29) is 10.8 Å². The van der Waals surface area contributed by atoms with Crippen LogP contribution in [0.3, 0.4) is 0 Å². The average molecular weight is 681 g/mol. The van der Waals surface area contributed by atoms with Crippen LogP contribution in [0.4, 0.5) is 0 Å². The van der Waals surface area contributed by atoms with Gasteiger partial charge in [-0.2, -0.15) is 0 Å². The Bertz CT molecular complexity index is 2960. The van der Waals surface area contributed by atoms with E-state index in [0.29, 0.717) is 0 Å². The largest absolute Gasteiger partial charge is 0.140 e. The number of hydrogen-bond acceptors (Lipinski definition) is 4. The predicted molar refractivity (Wildman–Crippen MR) is 218 cm³/mol. The van der Waals surface area contributed by atoms with Crippen LogP contribution in [-0.2, 0) is 17.3 Å². The molecule has 4 heteroatoms. The molecule has 0 aliphatic heterocycles. The third-order valence-corrected chi connectivity index (χ3v) is 15.9. The van der Waals surface area contributed by atoms with E-state index in [1.54, 1.807) is 0 Å². The van der Waals surface area contributed by atoms with Crippen molar-refractivity contribution < 1.29 is 0 Å². The molecule has 0 aliphatic carbocycles. The van der Waals surface area contributed by atoms with Gasteiger partial charge in [-0.05, 0) is 80.8 Å². The molecule has 0 saturated heterocycles. The van der Waals surface area contributed by atoms with Gasteiger partial charge in [0.25, 0.3) is 0 Å². The number of aryl methyl sites for hydroxylation is 2. The molecule has 232 valence electrons. The lowest BCUT2D eigenvalue weighted by molar-refractivity contribution is 0.604. The molecule has 0 unspecified atom stereocenters. The summed E-state index contributed by atoms with van der Waals surface area (Å²) in [5, 5.41) is 20.0. The van der Waals surface area contributed by atoms with Gasteiger partial charge in [-0.1, -0.05) is 84.9 Å². The van der Waals surface area contributed by atoms with Gasteiger partial charge >= 0.3 is 0 Å². The highest BCUT2D eigenvalue weighted by molar-refractivity contribution is 7.23. The minimum absolute atomic E-state index is 0.0991. The summed E-state index contributed by atoms with van der Waals surface area (Å²) in [7, 11) is 0. The maximum Gasteiger partial charge on any atom is 0.0437 e. The summed E-state index contributed by atoms with van der Waals surface area (Å²) < 4.78 is 5.80. The Hall–Kier alpha value is -3.28. The highest BCUT2D eigenvalue weighted by Gasteiger charge is 2.27. The van der Waals surface area contributed by atoms with E-state index in [2.05, 4.69) is 116 Å². The zero-order valence-corrected chi connectivity index (χ0v) is 31.4. The summed E-state index contributed by atoms with van der Waals surface area (Å²) in [6.07, 6.45) is 1.07. The summed E-state index contributed by atoms with van der Waals surface area (Å²) in [4.78, 5) is 5.78. The number of rotatable bonds is 1. The van der Waals surface area contributed by atoms with Gasteiger partial charge in [-0.25, -0.2) is 0 Å². The van der Waals surface area contributed by atoms with E-state index >= 15 is 0 Å². The molecule has 4 aromatic heterocycles. The average Bonchev–Trinajstić information content (AvgIpc) is 3.82. The summed E-state index contributed by atoms with van der Waals surface area (Å²) in [6.45, 7) is 18.7. The fraction of sp³-hybridized carbons (Fsp3) is 0.256. The Morgan fingerprint density at radius 1 is 0.447 bits per heavy atom. The molecule has 0 fully saturated rings. The van der Waals surface area contributed by atoms with Crippen LogP contribution < -0.4 is 0 Å². The van der Waals surface area contributed by atoms with Crippen LogP contribution in [-0.4, -0.2) is 0 Å². The van der Waals surface area contributed by atoms with Gasteiger partial charge in [0.05, 0.1) is 0 Å². The number of fused-ring (bicyclic) bond motifs is 16. The molecule has 10 aromatic rings. The molecule has 0 aliphatic rings. The van der Waals surface area contributed by atoms with Crippen molar-refractivity contribution in [2.45, 2.75) is 72.6 Å². The van der Waals surface area contributed by atoms with E-state index < -0.39 is 0 Å². The van der Waals surface area contributed by atoms with Crippen LogP contribution in [0.5, 0.6) is 0 Å². The Morgan fingerprint density at radius 3 is 1.26 bits per heavy atom. The minimum atomic E-state index is 0.0991. The van der Waals surface area contributed by atoms with Gasteiger partial charge in [0.2, 0.25) is 0 Å². The van der Waals surface area contributed by atoms with E-state index in [4.69, 9.17) is 0 Å². The molecular weight excluding hydrogens is 645 g/mol. The van der Waals surface area contributed by atoms with E-state index in [1.165, 1.54) is 114 Å². The van der Waals surface area contributed by atoms with E-state index in [0.717, 1.165) is 6.42 Å². The van der Waals surface area contributed by atoms with Gasteiger partial charge < -0.3 is 0 Å². The number of thiophene rings is 4. The standard InChI is InChI=1S/C43H36S4/c1-9-21-17-27-29-19-31(43(6,7)8)47-41(29)37-25-15-10-12-22-32(25)33-23(35(37)39(27)45-21)13-11-14-24(33)36-34(22)38-26(16-20(2)44-38)28-18-30(42(3,4)5)46-40(28)36/h10-19H,9H2,1-8H3. The fourth-order valence-electron chi connectivity index (χ4n) is 8.15. The van der Waals surface area contributed by atoms with Gasteiger partial charge in [0, 0.05) is 81.4 Å². The maximum atomic E-state index is 2.52. The maximum absolute atomic E-state index is 2.52. The van der Waals surface area contributed by atoms with Crippen molar-refractivity contribution in [2.75, 3.05) is 0 Å². The van der Waals surface area contributed by atoms with Crippen LogP contribution in [0, 0.1) is 6.92 Å². The molecule has 10 rings (SSSR count). The zero-order chi connectivity index (χ0) is 32.3. The zero-order valence-electron chi connectivity index (χ0n) is 28.1. The van der Waals surface area contributed by atoms with Crippen LogP contribution in [0.25, 0.3) is 94.2 Å². The van der Waals surface area contributed by atoms with Gasteiger partial charge in [-0.3, -0.25) is 0 Å². The topological polar surface area (TPSA) is 0 Å². The quantitative estimate of drug-likeness (QED) is 0.120. The van der Waals surface area contributed by atoms with Crippen LogP contribution >= 0.6 is 45.3 Å². The van der Waals surface area contributed by atoms with Crippen LogP contribution in [0.15, 0.2) is 60.7 Å². The highest BCUT2D eigenvalue weighted by atomic mass is 32.1. The second-order valence-corrected chi connectivity index (χ2v) is 20.1. The molecule has 0 atom stereocenters. The van der Waals surface area contributed by atoms with Gasteiger partial charge in [0.1, 0.15) is 0 Å². The molecule has 6 aromatic carbocycles. The molecular formula is C43H36S4. The Morgan fingerprint density at radius 2 is 0.830 bits per heavy atom. The van der Waals surface area contributed by atoms with Crippen LogP contribution in [0.1, 0.15) is 68.0 Å². The summed E-state index contributed by atoms with van der Waals surface area (Å²) in [6, 6.07) is 24.4. The van der Waals surface area contributed by atoms with Crippen molar-refractivity contribution in [3.8, 4) is 0 Å². The highest BCUT2D eigenvalue weighted by Crippen LogP contribution is 2.55. The first-order chi connectivity index (χ1) is 22.4. The second kappa shape index (κ2) is 9.24. The predicted octanol–water partition coefficient (Wildman–Crippen LogP) is 15.2. The molecule has 0 spiro atoms. The first-order valence-corrected chi connectivity index (χ1v) is 20.0. The molecule has 0 bridgehead atoms. The van der Waals surface area contributed by atoms with Crippen molar-refractivity contribution in [2.24, 2.45) is 0 Å². The molecule has 4 heterocycles. The summed E-state index contributed by atoms with van der Waals surface area (Å²) in [5.41, 5.74) is 0.199. The Balaban J connectivity index is 1.56. The smallest absolute Gasteiger partial charge is 0.0437 e. The SMILES string of the molecule is CCc1cc2c3cc(C(C)(C)C)sc3c3c4cccc5c4c4c(cccc4c4c6sc(C(C)(C)C)cc6c6cc(C)sc6c54)c3c2s1. The molecule has 0 N–H and O–H groups in total. The van der Waals surface area contributed by atoms with E-state index in [1.807, 2.05) is 45.3 Å². The molecule has 0 amide bonds. The molecule has 0 radical (unpaired) electrons. The number of hydrogen-bond donors (Lipinski definition) is 0. The normalized spacial score (nSPS) is 13.6. The second-order valence-electron chi connectivity index (χ2n) is 15.6. The number of benzene rings is 6. The lowest BCUT2D eigenvalue weighted by Gasteiger charge is -2.19. The van der Waals surface area contributed by atoms with E-state index in [9.17, 15) is 0 Å². The fourth-order valence-corrected chi connectivity index (χ4v) is 13.0. The molecule has 0 saturated carbocycles. The minimum Gasteiger partial charge on any atom is -0.140 e. The monoisotopic (exact) mass is 680 g/mol. The lowest BCUT2D eigenvalue weighted by atomic mass is 9.84. The van der Waals surface area contributed by atoms with Crippen molar-refractivity contribution in [1.29, 1.82) is 0 Å². The first-order valence-electron chi connectivity index (χ1n) is 16.7. The Kier molecular flexibility index (Phi) is 5.64. The molecule has 47 heavy (non-hydrogen) atoms. The van der Waals surface area contributed by atoms with Crippen molar-refractivity contribution >= 4 is 140 Å². The van der Waals surface area contributed by atoms with Crippen LogP contribution in [0.2, 0.25) is 0 Å². The summed E-state index contributed by atoms with van der Waals surface area (Å²) in [5.74, 6) is 0. The van der Waals surface area contributed by atoms with Gasteiger partial charge in [0.15, 0.2) is 0 Å². The third-order valence-electron chi connectivity index (χ3n) is 10.4. The molecule has 0 nitrogen and oxygen atoms in total. The first kappa shape index (κ1) is 28.7. The van der Waals surface area contributed by atoms with Crippen molar-refractivity contribution in [3.05, 3.63) is 80.2 Å². The Labute approximate surface area is 290 Å². The van der Waals surface area contributed by atoms with Gasteiger partial charge in [-0.15, -0.1) is 45.3 Å². The van der Waals surface area contributed by atoms with Crippen molar-refractivity contribution in [1.82, 2.24) is 0 Å². The lowest BCUT2D eigenvalue weighted by Crippen LogP contribution is -2.07. The summed E-state index contributed by atoms with van der Waals surface area (Å²) >= 11 is 8.03.